The Hall–Kier alpha value is -3.19. The number of thiazole rings is 1. The third-order valence-electron chi connectivity index (χ3n) is 5.75. The van der Waals surface area contributed by atoms with Gasteiger partial charge in [-0.25, -0.2) is 22.5 Å². The first-order valence-corrected chi connectivity index (χ1v) is 12.1. The molecule has 0 unspecified atom stereocenters. The van der Waals surface area contributed by atoms with Gasteiger partial charge in [-0.2, -0.15) is 5.10 Å². The summed E-state index contributed by atoms with van der Waals surface area (Å²) in [6.45, 7) is 0.100. The molecule has 192 valence electrons. The van der Waals surface area contributed by atoms with Crippen LogP contribution in [0.4, 0.5) is 23.4 Å². The number of para-hydroxylation sites is 1. The van der Waals surface area contributed by atoms with Crippen LogP contribution in [0.25, 0.3) is 0 Å². The number of benzene rings is 1. The standard InChI is InChI=1S/C22H20ClF4N5O3S/c23-13-3-1-2-12(18(13)34)21(35)28-16-10-36-22(29-16)11-4-6-31(7-5-11)17(33)9-32-15(20(26)27)8-14(30-32)19(24)25/h1-3,8,10-11,19-20,34H,4-7,9H2,(H,28,35). The zero-order valence-electron chi connectivity index (χ0n) is 18.5. The van der Waals surface area contributed by atoms with Crippen LogP contribution < -0.4 is 5.32 Å². The summed E-state index contributed by atoms with van der Waals surface area (Å²) in [4.78, 5) is 31.0. The number of carbonyl (C=O) groups is 2. The number of alkyl halides is 4. The molecule has 0 saturated carbocycles. The van der Waals surface area contributed by atoms with E-state index in [1.54, 1.807) is 5.38 Å². The van der Waals surface area contributed by atoms with Crippen molar-refractivity contribution in [1.82, 2.24) is 19.7 Å². The van der Waals surface area contributed by atoms with Crippen LogP contribution in [0.15, 0.2) is 29.6 Å². The van der Waals surface area contributed by atoms with Crippen molar-refractivity contribution in [2.75, 3.05) is 18.4 Å². The van der Waals surface area contributed by atoms with Gasteiger partial charge in [-0.3, -0.25) is 14.3 Å². The molecule has 2 aromatic heterocycles. The molecule has 0 aliphatic carbocycles. The Labute approximate surface area is 211 Å². The summed E-state index contributed by atoms with van der Waals surface area (Å²) in [7, 11) is 0. The van der Waals surface area contributed by atoms with Gasteiger partial charge in [0, 0.05) is 24.4 Å². The quantitative estimate of drug-likeness (QED) is 0.396. The lowest BCUT2D eigenvalue weighted by Crippen LogP contribution is -2.40. The van der Waals surface area contributed by atoms with Gasteiger partial charge in [-0.15, -0.1) is 11.3 Å². The number of nitrogens with zero attached hydrogens (tertiary/aromatic N) is 4. The molecule has 1 aliphatic rings. The first-order valence-electron chi connectivity index (χ1n) is 10.8. The normalized spacial score (nSPS) is 14.6. The molecule has 3 aromatic rings. The van der Waals surface area contributed by atoms with Crippen molar-refractivity contribution in [3.8, 4) is 5.75 Å². The molecule has 2 amide bonds. The predicted octanol–water partition coefficient (Wildman–Crippen LogP) is 5.23. The Bertz CT molecular complexity index is 1260. The largest absolute Gasteiger partial charge is 0.506 e. The van der Waals surface area contributed by atoms with E-state index in [-0.39, 0.29) is 22.3 Å². The number of hydrogen-bond donors (Lipinski definition) is 2. The zero-order chi connectivity index (χ0) is 26.0. The average molecular weight is 546 g/mol. The number of nitrogens with one attached hydrogen (secondary N) is 1. The van der Waals surface area contributed by atoms with E-state index in [0.29, 0.717) is 42.5 Å². The third-order valence-corrected chi connectivity index (χ3v) is 7.07. The van der Waals surface area contributed by atoms with Gasteiger partial charge >= 0.3 is 0 Å². The van der Waals surface area contributed by atoms with Crippen LogP contribution in [0.5, 0.6) is 5.75 Å². The molecule has 0 spiro atoms. The lowest BCUT2D eigenvalue weighted by molar-refractivity contribution is -0.133. The average Bonchev–Trinajstić information content (AvgIpc) is 3.48. The summed E-state index contributed by atoms with van der Waals surface area (Å²) in [5.74, 6) is -1.07. The second kappa shape index (κ2) is 10.8. The van der Waals surface area contributed by atoms with Crippen LogP contribution >= 0.6 is 22.9 Å². The number of aromatic hydroxyl groups is 1. The predicted molar refractivity (Wildman–Crippen MR) is 124 cm³/mol. The van der Waals surface area contributed by atoms with Crippen molar-refractivity contribution in [2.24, 2.45) is 0 Å². The van der Waals surface area contributed by atoms with Crippen LogP contribution in [-0.4, -0.2) is 49.7 Å². The molecular formula is C22H20ClF4N5O3S. The van der Waals surface area contributed by atoms with Crippen LogP contribution in [0, 0.1) is 0 Å². The molecule has 1 aliphatic heterocycles. The lowest BCUT2D eigenvalue weighted by Gasteiger charge is -2.31. The Balaban J connectivity index is 1.34. The van der Waals surface area contributed by atoms with Crippen LogP contribution in [0.1, 0.15) is 58.4 Å². The number of rotatable bonds is 7. The third kappa shape index (κ3) is 5.62. The Morgan fingerprint density at radius 1 is 1.19 bits per heavy atom. The number of carbonyl (C=O) groups excluding carboxylic acids is 2. The lowest BCUT2D eigenvalue weighted by atomic mass is 9.97. The number of phenolic OH excluding ortho intramolecular Hbond substituents is 1. The van der Waals surface area contributed by atoms with Crippen LogP contribution in [0.3, 0.4) is 0 Å². The highest BCUT2D eigenvalue weighted by molar-refractivity contribution is 7.10. The molecule has 8 nitrogen and oxygen atoms in total. The molecule has 0 radical (unpaired) electrons. The van der Waals surface area contributed by atoms with Crippen LogP contribution in [-0.2, 0) is 11.3 Å². The number of phenols is 1. The fourth-order valence-corrected chi connectivity index (χ4v) is 4.98. The molecule has 1 fully saturated rings. The maximum absolute atomic E-state index is 13.2. The minimum Gasteiger partial charge on any atom is -0.506 e. The Morgan fingerprint density at radius 3 is 2.58 bits per heavy atom. The summed E-state index contributed by atoms with van der Waals surface area (Å²) in [6, 6.07) is 5.04. The summed E-state index contributed by atoms with van der Waals surface area (Å²) < 4.78 is 52.7. The Kier molecular flexibility index (Phi) is 7.79. The van der Waals surface area contributed by atoms with Gasteiger partial charge in [0.1, 0.15) is 29.5 Å². The van der Waals surface area contributed by atoms with E-state index >= 15 is 0 Å². The van der Waals surface area contributed by atoms with Crippen molar-refractivity contribution in [1.29, 1.82) is 0 Å². The maximum atomic E-state index is 13.2. The van der Waals surface area contributed by atoms with E-state index < -0.39 is 42.6 Å². The molecule has 0 bridgehead atoms. The minimum atomic E-state index is -3.04. The van der Waals surface area contributed by atoms with Crippen molar-refractivity contribution in [3.63, 3.8) is 0 Å². The van der Waals surface area contributed by atoms with Gasteiger partial charge in [0.25, 0.3) is 18.8 Å². The number of likely N-dealkylation sites (tertiary alicyclic amines) is 1. The van der Waals surface area contributed by atoms with E-state index in [0.717, 1.165) is 5.01 Å². The van der Waals surface area contributed by atoms with Gasteiger partial charge in [-0.1, -0.05) is 17.7 Å². The van der Waals surface area contributed by atoms with Crippen LogP contribution in [0.2, 0.25) is 5.02 Å². The molecular weight excluding hydrogens is 526 g/mol. The number of amides is 2. The highest BCUT2D eigenvalue weighted by Crippen LogP contribution is 2.33. The maximum Gasteiger partial charge on any atom is 0.282 e. The van der Waals surface area contributed by atoms with Gasteiger partial charge in [0.15, 0.2) is 0 Å². The van der Waals surface area contributed by atoms with Gasteiger partial charge in [-0.05, 0) is 31.0 Å². The summed E-state index contributed by atoms with van der Waals surface area (Å²) in [5.41, 5.74) is -1.51. The number of anilines is 1. The molecule has 3 heterocycles. The number of hydrogen-bond acceptors (Lipinski definition) is 6. The van der Waals surface area contributed by atoms with E-state index in [9.17, 15) is 32.3 Å². The van der Waals surface area contributed by atoms with Gasteiger partial charge in [0.05, 0.1) is 15.6 Å². The first kappa shape index (κ1) is 25.9. The van der Waals surface area contributed by atoms with Crippen molar-refractivity contribution >= 4 is 40.6 Å². The molecule has 36 heavy (non-hydrogen) atoms. The minimum absolute atomic E-state index is 0.0102. The topological polar surface area (TPSA) is 100 Å². The van der Waals surface area contributed by atoms with E-state index in [2.05, 4.69) is 15.4 Å². The zero-order valence-corrected chi connectivity index (χ0v) is 20.1. The van der Waals surface area contributed by atoms with Gasteiger partial charge < -0.3 is 15.3 Å². The van der Waals surface area contributed by atoms with E-state index in [4.69, 9.17) is 11.6 Å². The molecule has 2 N–H and O–H groups in total. The second-order valence-corrected chi connectivity index (χ2v) is 9.37. The summed E-state index contributed by atoms with van der Waals surface area (Å²) >= 11 is 7.18. The van der Waals surface area contributed by atoms with Crippen molar-refractivity contribution in [2.45, 2.75) is 38.2 Å². The molecule has 4 rings (SSSR count). The number of piperidine rings is 1. The molecule has 0 atom stereocenters. The molecule has 14 heteroatoms. The molecule has 1 aromatic carbocycles. The summed E-state index contributed by atoms with van der Waals surface area (Å²) in [5, 5.41) is 18.5. The summed E-state index contributed by atoms with van der Waals surface area (Å²) in [6.07, 6.45) is -4.96. The van der Waals surface area contributed by atoms with Gasteiger partial charge in [0.2, 0.25) is 5.91 Å². The monoisotopic (exact) mass is 545 g/mol. The fraction of sp³-hybridized carbons (Fsp3) is 0.364. The van der Waals surface area contributed by atoms with Crippen molar-refractivity contribution < 1.29 is 32.3 Å². The second-order valence-electron chi connectivity index (χ2n) is 8.07. The SMILES string of the molecule is O=C(Nc1csc(C2CCN(C(=O)Cn3nc(C(F)F)cc3C(F)F)CC2)n1)c1cccc(Cl)c1O. The number of halogens is 5. The molecule has 1 saturated heterocycles. The number of aromatic nitrogens is 3. The highest BCUT2D eigenvalue weighted by atomic mass is 35.5. The highest BCUT2D eigenvalue weighted by Gasteiger charge is 2.28. The Morgan fingerprint density at radius 2 is 1.92 bits per heavy atom. The van der Waals surface area contributed by atoms with E-state index in [1.165, 1.54) is 34.4 Å². The fourth-order valence-electron chi connectivity index (χ4n) is 3.88. The first-order chi connectivity index (χ1) is 17.1. The van der Waals surface area contributed by atoms with E-state index in [1.807, 2.05) is 0 Å². The van der Waals surface area contributed by atoms with Crippen molar-refractivity contribution in [3.05, 3.63) is 56.6 Å². The smallest absolute Gasteiger partial charge is 0.282 e.